The van der Waals surface area contributed by atoms with E-state index in [4.69, 9.17) is 4.98 Å². The summed E-state index contributed by atoms with van der Waals surface area (Å²) in [5.74, 6) is 1.82. The van der Waals surface area contributed by atoms with Crippen LogP contribution in [0.3, 0.4) is 0 Å². The second kappa shape index (κ2) is 6.44. The summed E-state index contributed by atoms with van der Waals surface area (Å²) < 4.78 is 6.49. The van der Waals surface area contributed by atoms with E-state index in [1.807, 2.05) is 25.4 Å². The van der Waals surface area contributed by atoms with Crippen LogP contribution in [0.1, 0.15) is 31.3 Å². The minimum Gasteiger partial charge on any atom is -0.324 e. The molecule has 26 heavy (non-hydrogen) atoms. The van der Waals surface area contributed by atoms with Crippen LogP contribution in [0, 0.1) is 13.8 Å². The van der Waals surface area contributed by atoms with Crippen LogP contribution in [0.25, 0.3) is 22.7 Å². The van der Waals surface area contributed by atoms with E-state index >= 15 is 0 Å². The average molecular weight is 348 g/mol. The first-order valence-electron chi connectivity index (χ1n) is 9.08. The van der Waals surface area contributed by atoms with E-state index in [0.29, 0.717) is 0 Å². The van der Waals surface area contributed by atoms with Gasteiger partial charge in [-0.3, -0.25) is 4.68 Å². The lowest BCUT2D eigenvalue weighted by molar-refractivity contribution is 0.432. The molecule has 6 nitrogen and oxygen atoms in total. The molecule has 0 spiro atoms. The second-order valence-corrected chi connectivity index (χ2v) is 6.78. The molecule has 0 saturated heterocycles. The van der Waals surface area contributed by atoms with Gasteiger partial charge in [0.1, 0.15) is 0 Å². The Labute approximate surface area is 153 Å². The zero-order valence-electron chi connectivity index (χ0n) is 15.7. The Hall–Kier alpha value is -2.89. The van der Waals surface area contributed by atoms with Gasteiger partial charge in [0.15, 0.2) is 11.6 Å². The summed E-state index contributed by atoms with van der Waals surface area (Å²) in [6.45, 7) is 10.1. The Kier molecular flexibility index (Phi) is 4.11. The number of para-hydroxylation sites is 2. The largest absolute Gasteiger partial charge is 0.324 e. The summed E-state index contributed by atoms with van der Waals surface area (Å²) in [4.78, 5) is 9.49. The van der Waals surface area contributed by atoms with Crippen LogP contribution in [0.15, 0.2) is 42.7 Å². The standard InChI is InChI=1S/C20H24N6/c1-5-24-18-9-7-6-8-17(18)22-20(24)19-21-10-11-25(19)16(4)13-26-15(3)12-14(2)23-26/h6-12,16H,5,13H2,1-4H3/t16-/m1/s1. The summed E-state index contributed by atoms with van der Waals surface area (Å²) in [7, 11) is 0. The van der Waals surface area contributed by atoms with Crippen molar-refractivity contribution < 1.29 is 0 Å². The molecule has 0 aliphatic carbocycles. The molecule has 0 N–H and O–H groups in total. The molecule has 134 valence electrons. The van der Waals surface area contributed by atoms with Gasteiger partial charge in [0.2, 0.25) is 0 Å². The third kappa shape index (κ3) is 2.71. The van der Waals surface area contributed by atoms with E-state index in [1.54, 1.807) is 0 Å². The van der Waals surface area contributed by atoms with E-state index in [1.165, 1.54) is 5.69 Å². The van der Waals surface area contributed by atoms with Gasteiger partial charge in [0.05, 0.1) is 29.3 Å². The summed E-state index contributed by atoms with van der Waals surface area (Å²) in [6.07, 6.45) is 3.89. The van der Waals surface area contributed by atoms with Gasteiger partial charge in [0.25, 0.3) is 0 Å². The molecule has 1 aromatic carbocycles. The summed E-state index contributed by atoms with van der Waals surface area (Å²) >= 11 is 0. The molecule has 0 unspecified atom stereocenters. The monoisotopic (exact) mass is 348 g/mol. The van der Waals surface area contributed by atoms with Crippen molar-refractivity contribution in [3.05, 3.63) is 54.1 Å². The fourth-order valence-corrected chi connectivity index (χ4v) is 3.61. The van der Waals surface area contributed by atoms with E-state index < -0.39 is 0 Å². The number of hydrogen-bond donors (Lipinski definition) is 0. The number of imidazole rings is 2. The first kappa shape index (κ1) is 16.6. The van der Waals surface area contributed by atoms with Gasteiger partial charge < -0.3 is 9.13 Å². The highest BCUT2D eigenvalue weighted by Gasteiger charge is 2.19. The second-order valence-electron chi connectivity index (χ2n) is 6.78. The van der Waals surface area contributed by atoms with Crippen LogP contribution < -0.4 is 0 Å². The zero-order chi connectivity index (χ0) is 18.3. The van der Waals surface area contributed by atoms with Gasteiger partial charge in [0, 0.05) is 24.6 Å². The molecule has 0 amide bonds. The SMILES string of the molecule is CCn1c(-c2nccn2[C@H](C)Cn2nc(C)cc2C)nc2ccccc21. The van der Waals surface area contributed by atoms with Crippen molar-refractivity contribution in [2.24, 2.45) is 0 Å². The lowest BCUT2D eigenvalue weighted by Crippen LogP contribution is -2.16. The number of aryl methyl sites for hydroxylation is 3. The highest BCUT2D eigenvalue weighted by molar-refractivity contribution is 5.79. The zero-order valence-corrected chi connectivity index (χ0v) is 15.7. The van der Waals surface area contributed by atoms with Gasteiger partial charge >= 0.3 is 0 Å². The summed E-state index contributed by atoms with van der Waals surface area (Å²) in [6, 6.07) is 10.6. The van der Waals surface area contributed by atoms with Crippen LogP contribution in [-0.4, -0.2) is 28.9 Å². The van der Waals surface area contributed by atoms with E-state index in [0.717, 1.165) is 41.5 Å². The molecule has 0 aliphatic rings. The first-order valence-corrected chi connectivity index (χ1v) is 9.08. The molecule has 0 aliphatic heterocycles. The maximum absolute atomic E-state index is 4.85. The van der Waals surface area contributed by atoms with Crippen molar-refractivity contribution in [2.75, 3.05) is 0 Å². The van der Waals surface area contributed by atoms with Gasteiger partial charge in [-0.05, 0) is 45.9 Å². The third-order valence-electron chi connectivity index (χ3n) is 4.85. The highest BCUT2D eigenvalue weighted by Crippen LogP contribution is 2.26. The topological polar surface area (TPSA) is 53.5 Å². The van der Waals surface area contributed by atoms with Crippen molar-refractivity contribution in [3.63, 3.8) is 0 Å². The molecule has 0 fully saturated rings. The predicted octanol–water partition coefficient (Wildman–Crippen LogP) is 3.99. The molecular weight excluding hydrogens is 324 g/mol. The van der Waals surface area contributed by atoms with Crippen LogP contribution in [0.2, 0.25) is 0 Å². The normalized spacial score (nSPS) is 12.8. The van der Waals surface area contributed by atoms with E-state index in [2.05, 4.69) is 68.9 Å². The predicted molar refractivity (Wildman–Crippen MR) is 103 cm³/mol. The van der Waals surface area contributed by atoms with Gasteiger partial charge in [-0.1, -0.05) is 12.1 Å². The molecule has 0 radical (unpaired) electrons. The number of benzene rings is 1. The molecular formula is C20H24N6. The summed E-state index contributed by atoms with van der Waals surface area (Å²) in [5, 5.41) is 4.59. The fourth-order valence-electron chi connectivity index (χ4n) is 3.61. The molecule has 0 bridgehead atoms. The Bertz CT molecular complexity index is 1050. The quantitative estimate of drug-likeness (QED) is 0.548. The number of nitrogens with zero attached hydrogens (tertiary/aromatic N) is 6. The third-order valence-corrected chi connectivity index (χ3v) is 4.85. The maximum Gasteiger partial charge on any atom is 0.177 e. The highest BCUT2D eigenvalue weighted by atomic mass is 15.3. The fraction of sp³-hybridized carbons (Fsp3) is 0.350. The lowest BCUT2D eigenvalue weighted by atomic mass is 10.3. The Morgan fingerprint density at radius 3 is 2.65 bits per heavy atom. The van der Waals surface area contributed by atoms with Crippen LogP contribution in [0.4, 0.5) is 0 Å². The Morgan fingerprint density at radius 1 is 1.12 bits per heavy atom. The lowest BCUT2D eigenvalue weighted by Gasteiger charge is -2.17. The number of hydrogen-bond acceptors (Lipinski definition) is 3. The number of rotatable bonds is 5. The molecule has 1 atom stereocenters. The molecule has 4 rings (SSSR count). The van der Waals surface area contributed by atoms with E-state index in [-0.39, 0.29) is 6.04 Å². The van der Waals surface area contributed by atoms with Crippen molar-refractivity contribution in [3.8, 4) is 11.6 Å². The van der Waals surface area contributed by atoms with Crippen LogP contribution >= 0.6 is 0 Å². The van der Waals surface area contributed by atoms with Crippen molar-refractivity contribution in [2.45, 2.75) is 46.8 Å². The van der Waals surface area contributed by atoms with E-state index in [9.17, 15) is 0 Å². The first-order chi connectivity index (χ1) is 12.6. The minimum atomic E-state index is 0.218. The Balaban J connectivity index is 1.74. The molecule has 0 saturated carbocycles. The molecule has 3 aromatic heterocycles. The van der Waals surface area contributed by atoms with Crippen LogP contribution in [-0.2, 0) is 13.1 Å². The van der Waals surface area contributed by atoms with Gasteiger partial charge in [-0.2, -0.15) is 5.10 Å². The maximum atomic E-state index is 4.85. The van der Waals surface area contributed by atoms with Gasteiger partial charge in [-0.25, -0.2) is 9.97 Å². The van der Waals surface area contributed by atoms with Crippen molar-refractivity contribution in [1.82, 2.24) is 28.9 Å². The van der Waals surface area contributed by atoms with Crippen LogP contribution in [0.5, 0.6) is 0 Å². The van der Waals surface area contributed by atoms with Crippen molar-refractivity contribution in [1.29, 1.82) is 0 Å². The number of fused-ring (bicyclic) bond motifs is 1. The summed E-state index contributed by atoms with van der Waals surface area (Å²) in [5.41, 5.74) is 4.38. The van der Waals surface area contributed by atoms with Crippen molar-refractivity contribution >= 4 is 11.0 Å². The molecule has 3 heterocycles. The molecule has 6 heteroatoms. The van der Waals surface area contributed by atoms with Gasteiger partial charge in [-0.15, -0.1) is 0 Å². The molecule has 4 aromatic rings. The average Bonchev–Trinajstić information content (AvgIpc) is 3.31. The number of aromatic nitrogens is 6. The minimum absolute atomic E-state index is 0.218. The smallest absolute Gasteiger partial charge is 0.177 e. The Morgan fingerprint density at radius 2 is 1.92 bits per heavy atom.